The van der Waals surface area contributed by atoms with Gasteiger partial charge in [-0.05, 0) is 42.8 Å². The summed E-state index contributed by atoms with van der Waals surface area (Å²) in [6.07, 6.45) is 0.287. The molecule has 1 aliphatic rings. The summed E-state index contributed by atoms with van der Waals surface area (Å²) < 4.78 is 5.45. The van der Waals surface area contributed by atoms with Crippen LogP contribution >= 0.6 is 0 Å². The highest BCUT2D eigenvalue weighted by atomic mass is 16.6. The molecule has 2 aromatic carbocycles. The average molecular weight is 340 g/mol. The number of nitro groups is 1. The molecule has 3 rings (SSSR count). The number of carbonyl (C=O) groups excluding carboxylic acids is 2. The third-order valence-corrected chi connectivity index (χ3v) is 4.21. The maximum Gasteiger partial charge on any atom is 0.272 e. The summed E-state index contributed by atoms with van der Waals surface area (Å²) in [6.45, 7) is 1.43. The fourth-order valence-corrected chi connectivity index (χ4v) is 2.80. The first kappa shape index (κ1) is 16.6. The number of benzene rings is 2. The second kappa shape index (κ2) is 6.35. The zero-order valence-electron chi connectivity index (χ0n) is 13.8. The summed E-state index contributed by atoms with van der Waals surface area (Å²) in [5, 5.41) is 10.8. The van der Waals surface area contributed by atoms with Gasteiger partial charge in [-0.1, -0.05) is 0 Å². The number of fused-ring (bicyclic) bond motifs is 1. The summed E-state index contributed by atoms with van der Waals surface area (Å²) in [7, 11) is 1.70. The van der Waals surface area contributed by atoms with Crippen molar-refractivity contribution in [2.24, 2.45) is 0 Å². The number of ketones is 1. The SMILES string of the molecule is Cc1cc(OCC(=O)c2ccc3c(c2)CC(=O)N3C)ccc1[N+](=O)[O-]. The molecule has 0 N–H and O–H groups in total. The molecule has 1 heterocycles. The molecule has 1 aliphatic heterocycles. The molecule has 25 heavy (non-hydrogen) atoms. The molecule has 7 heteroatoms. The smallest absolute Gasteiger partial charge is 0.272 e. The fourth-order valence-electron chi connectivity index (χ4n) is 2.80. The van der Waals surface area contributed by atoms with Crippen LogP contribution < -0.4 is 9.64 Å². The Balaban J connectivity index is 1.70. The van der Waals surface area contributed by atoms with Crippen molar-refractivity contribution in [1.82, 2.24) is 0 Å². The number of nitrogens with zero attached hydrogens (tertiary/aromatic N) is 2. The minimum atomic E-state index is -0.465. The van der Waals surface area contributed by atoms with Gasteiger partial charge in [0, 0.05) is 29.9 Å². The van der Waals surface area contributed by atoms with Crippen LogP contribution in [-0.2, 0) is 11.2 Å². The monoisotopic (exact) mass is 340 g/mol. The Morgan fingerprint density at radius 1 is 1.28 bits per heavy atom. The topological polar surface area (TPSA) is 89.8 Å². The molecule has 1 amide bonds. The number of rotatable bonds is 5. The van der Waals surface area contributed by atoms with E-state index in [1.54, 1.807) is 37.1 Å². The van der Waals surface area contributed by atoms with Gasteiger partial charge in [0.15, 0.2) is 12.4 Å². The lowest BCUT2D eigenvalue weighted by molar-refractivity contribution is -0.385. The molecular formula is C18H16N2O5. The molecule has 0 spiro atoms. The normalized spacial score (nSPS) is 12.9. The van der Waals surface area contributed by atoms with E-state index in [1.807, 2.05) is 0 Å². The van der Waals surface area contributed by atoms with Crippen molar-refractivity contribution < 1.29 is 19.2 Å². The van der Waals surface area contributed by atoms with Gasteiger partial charge in [0.05, 0.1) is 11.3 Å². The van der Waals surface area contributed by atoms with Gasteiger partial charge < -0.3 is 9.64 Å². The molecule has 0 unspecified atom stereocenters. The summed E-state index contributed by atoms with van der Waals surface area (Å²) in [4.78, 5) is 35.9. The van der Waals surface area contributed by atoms with Crippen molar-refractivity contribution in [3.63, 3.8) is 0 Å². The van der Waals surface area contributed by atoms with Crippen molar-refractivity contribution in [2.75, 3.05) is 18.6 Å². The standard InChI is InChI=1S/C18H16N2O5/c1-11-7-14(4-6-15(11)20(23)24)25-10-17(21)12-3-5-16-13(8-12)9-18(22)19(16)2/h3-8H,9-10H2,1-2H3. The molecular weight excluding hydrogens is 324 g/mol. The second-order valence-electron chi connectivity index (χ2n) is 5.89. The predicted octanol–water partition coefficient (Wildman–Crippen LogP) is 2.68. The molecule has 0 radical (unpaired) electrons. The van der Waals surface area contributed by atoms with Gasteiger partial charge in [0.25, 0.3) is 5.69 Å². The number of hydrogen-bond acceptors (Lipinski definition) is 5. The Morgan fingerprint density at radius 3 is 2.72 bits per heavy atom. The van der Waals surface area contributed by atoms with Crippen molar-refractivity contribution >= 4 is 23.1 Å². The van der Waals surface area contributed by atoms with Crippen LogP contribution in [0.15, 0.2) is 36.4 Å². The first-order chi connectivity index (χ1) is 11.9. The van der Waals surface area contributed by atoms with Crippen LogP contribution in [0, 0.1) is 17.0 Å². The van der Waals surface area contributed by atoms with E-state index in [2.05, 4.69) is 0 Å². The molecule has 0 aromatic heterocycles. The minimum Gasteiger partial charge on any atom is -0.485 e. The minimum absolute atomic E-state index is 0.00259. The van der Waals surface area contributed by atoms with Crippen LogP contribution in [0.5, 0.6) is 5.75 Å². The molecule has 0 bridgehead atoms. The van der Waals surface area contributed by atoms with Gasteiger partial charge in [-0.3, -0.25) is 19.7 Å². The van der Waals surface area contributed by atoms with E-state index in [1.165, 1.54) is 18.2 Å². The summed E-state index contributed by atoms with van der Waals surface area (Å²) in [6, 6.07) is 9.48. The van der Waals surface area contributed by atoms with Crippen LogP contribution in [0.4, 0.5) is 11.4 Å². The van der Waals surface area contributed by atoms with Gasteiger partial charge in [0.2, 0.25) is 5.91 Å². The van der Waals surface area contributed by atoms with Gasteiger partial charge in [-0.2, -0.15) is 0 Å². The molecule has 2 aromatic rings. The maximum atomic E-state index is 12.3. The van der Waals surface area contributed by atoms with Crippen LogP contribution in [-0.4, -0.2) is 30.3 Å². The van der Waals surface area contributed by atoms with Crippen LogP contribution in [0.1, 0.15) is 21.5 Å². The quantitative estimate of drug-likeness (QED) is 0.474. The number of hydrogen-bond donors (Lipinski definition) is 0. The number of anilines is 1. The molecule has 0 aliphatic carbocycles. The van der Waals surface area contributed by atoms with Gasteiger partial charge in [-0.15, -0.1) is 0 Å². The molecule has 0 saturated heterocycles. The number of amides is 1. The fraction of sp³-hybridized carbons (Fsp3) is 0.222. The third kappa shape index (κ3) is 3.21. The summed E-state index contributed by atoms with van der Waals surface area (Å²) >= 11 is 0. The Hall–Kier alpha value is -3.22. The highest BCUT2D eigenvalue weighted by Gasteiger charge is 2.24. The summed E-state index contributed by atoms with van der Waals surface area (Å²) in [5.41, 5.74) is 2.58. The van der Waals surface area contributed by atoms with E-state index >= 15 is 0 Å². The van der Waals surface area contributed by atoms with E-state index in [-0.39, 0.29) is 30.4 Å². The first-order valence-corrected chi connectivity index (χ1v) is 7.67. The van der Waals surface area contributed by atoms with Crippen LogP contribution in [0.25, 0.3) is 0 Å². The van der Waals surface area contributed by atoms with Crippen molar-refractivity contribution in [3.05, 3.63) is 63.2 Å². The van der Waals surface area contributed by atoms with E-state index in [9.17, 15) is 19.7 Å². The molecule has 0 atom stereocenters. The number of Topliss-reactive ketones (excluding diaryl/α,β-unsaturated/α-hetero) is 1. The molecule has 0 fully saturated rings. The predicted molar refractivity (Wildman–Crippen MR) is 91.2 cm³/mol. The lowest BCUT2D eigenvalue weighted by Gasteiger charge is -2.10. The van der Waals surface area contributed by atoms with Gasteiger partial charge in [-0.25, -0.2) is 0 Å². The number of aryl methyl sites for hydroxylation is 1. The van der Waals surface area contributed by atoms with E-state index in [0.29, 0.717) is 16.9 Å². The average Bonchev–Trinajstić information content (AvgIpc) is 2.86. The zero-order valence-corrected chi connectivity index (χ0v) is 13.8. The van der Waals surface area contributed by atoms with E-state index in [4.69, 9.17) is 4.74 Å². The van der Waals surface area contributed by atoms with Crippen molar-refractivity contribution in [3.8, 4) is 5.75 Å². The van der Waals surface area contributed by atoms with E-state index in [0.717, 1.165) is 11.3 Å². The summed E-state index contributed by atoms with van der Waals surface area (Å²) in [5.74, 6) is 0.172. The Morgan fingerprint density at radius 2 is 2.04 bits per heavy atom. The number of ether oxygens (including phenoxy) is 1. The van der Waals surface area contributed by atoms with Gasteiger partial charge in [0.1, 0.15) is 5.75 Å². The van der Waals surface area contributed by atoms with Crippen LogP contribution in [0.3, 0.4) is 0 Å². The molecule has 0 saturated carbocycles. The van der Waals surface area contributed by atoms with E-state index < -0.39 is 4.92 Å². The number of nitro benzene ring substituents is 1. The van der Waals surface area contributed by atoms with Crippen molar-refractivity contribution in [1.29, 1.82) is 0 Å². The Kier molecular flexibility index (Phi) is 4.22. The van der Waals surface area contributed by atoms with Crippen molar-refractivity contribution in [2.45, 2.75) is 13.3 Å². The maximum absolute atomic E-state index is 12.3. The lowest BCUT2D eigenvalue weighted by atomic mass is 10.1. The highest BCUT2D eigenvalue weighted by Crippen LogP contribution is 2.28. The third-order valence-electron chi connectivity index (χ3n) is 4.21. The largest absolute Gasteiger partial charge is 0.485 e. The van der Waals surface area contributed by atoms with Gasteiger partial charge >= 0.3 is 0 Å². The molecule has 7 nitrogen and oxygen atoms in total. The zero-order chi connectivity index (χ0) is 18.1. The Labute approximate surface area is 144 Å². The van der Waals surface area contributed by atoms with Crippen LogP contribution in [0.2, 0.25) is 0 Å². The highest BCUT2D eigenvalue weighted by molar-refractivity contribution is 6.03. The second-order valence-corrected chi connectivity index (χ2v) is 5.89. The number of likely N-dealkylation sites (N-methyl/N-ethyl adjacent to an activating group) is 1. The lowest BCUT2D eigenvalue weighted by Crippen LogP contribution is -2.20. The number of carbonyl (C=O) groups is 2. The first-order valence-electron chi connectivity index (χ1n) is 7.67. The molecule has 128 valence electrons. The Bertz CT molecular complexity index is 891.